The Morgan fingerprint density at radius 3 is 1.49 bits per heavy atom. The molecule has 3 aliphatic rings. The SMILES string of the molecule is CC(C)(C)c1c[nH]c2ncccc12.CC(C)(C)c1ccc2c(n1)NCC2.CC(C)(C)c1ccc2cc[nH]c2n1.CC(C)(C)c1ccnc2[nH]ccc12.CC(C)(C)c1ccnc2[nH]ncc12.CC(C)(C)c1ccnc2c1CC(=O)N2.CC(C)(C)c1ccnc2c1CCN2.CC(C)(C)c1ncnc2[nH]ccc12. The largest absolute Gasteiger partial charge is 0.370 e. The maximum Gasteiger partial charge on any atom is 0.230 e. The van der Waals surface area contributed by atoms with E-state index in [1.807, 2.05) is 73.8 Å². The van der Waals surface area contributed by atoms with Gasteiger partial charge in [-0.05, 0) is 152 Å². The fraction of sp³-hybridized carbons (Fsp3) is 0.430. The summed E-state index contributed by atoms with van der Waals surface area (Å²) in [7, 11) is 0. The smallest absolute Gasteiger partial charge is 0.230 e. The molecule has 105 heavy (non-hydrogen) atoms. The second-order valence-corrected chi connectivity index (χ2v) is 35.4. The summed E-state index contributed by atoms with van der Waals surface area (Å²) in [5.41, 5.74) is 19.7. The van der Waals surface area contributed by atoms with Crippen LogP contribution in [0.1, 0.15) is 228 Å². The number of pyridine rings is 7. The van der Waals surface area contributed by atoms with Gasteiger partial charge >= 0.3 is 0 Å². The molecular formula is C86H114N18O. The summed E-state index contributed by atoms with van der Waals surface area (Å²) >= 11 is 0. The lowest BCUT2D eigenvalue weighted by atomic mass is 9.84. The fourth-order valence-electron chi connectivity index (χ4n) is 12.8. The Morgan fingerprint density at radius 2 is 0.857 bits per heavy atom. The predicted molar refractivity (Wildman–Crippen MR) is 435 cm³/mol. The van der Waals surface area contributed by atoms with Crippen LogP contribution in [0, 0.1) is 0 Å². The number of carbonyl (C=O) groups is 1. The lowest BCUT2D eigenvalue weighted by Crippen LogP contribution is -2.14. The third kappa shape index (κ3) is 20.2. The number of nitrogens with zero attached hydrogens (tertiary/aromatic N) is 10. The molecule has 0 aromatic carbocycles. The zero-order valence-electron chi connectivity index (χ0n) is 66.8. The van der Waals surface area contributed by atoms with E-state index in [0.29, 0.717) is 6.42 Å². The minimum Gasteiger partial charge on any atom is -0.370 e. The second kappa shape index (κ2) is 31.7. The van der Waals surface area contributed by atoms with Crippen LogP contribution in [-0.4, -0.2) is 94.0 Å². The van der Waals surface area contributed by atoms with E-state index in [0.717, 1.165) is 99.3 Å². The van der Waals surface area contributed by atoms with Gasteiger partial charge in [-0.3, -0.25) is 9.89 Å². The molecule has 3 aliphatic heterocycles. The first-order chi connectivity index (χ1) is 49.1. The van der Waals surface area contributed by atoms with Crippen molar-refractivity contribution in [3.8, 4) is 0 Å². The van der Waals surface area contributed by atoms with Crippen LogP contribution in [0.4, 0.5) is 17.5 Å². The summed E-state index contributed by atoms with van der Waals surface area (Å²) in [5.74, 6) is 2.96. The molecule has 0 saturated carbocycles. The minimum atomic E-state index is 0.0456. The monoisotopic (exact) mass is 1410 g/mol. The van der Waals surface area contributed by atoms with Gasteiger partial charge in [-0.25, -0.2) is 44.9 Å². The Balaban J connectivity index is 0.000000139. The Kier molecular flexibility index (Phi) is 23.8. The van der Waals surface area contributed by atoms with E-state index < -0.39 is 0 Å². The number of anilines is 3. The highest BCUT2D eigenvalue weighted by molar-refractivity contribution is 5.98. The first-order valence-corrected chi connectivity index (χ1v) is 36.7. The molecule has 0 fully saturated rings. The van der Waals surface area contributed by atoms with E-state index >= 15 is 0 Å². The van der Waals surface area contributed by atoms with E-state index in [4.69, 9.17) is 0 Å². The van der Waals surface area contributed by atoms with Crippen LogP contribution in [0.2, 0.25) is 0 Å². The van der Waals surface area contributed by atoms with Gasteiger partial charge < -0.3 is 35.9 Å². The molecular weight excluding hydrogens is 1300 g/mol. The molecule has 13 aromatic heterocycles. The van der Waals surface area contributed by atoms with E-state index in [2.05, 4.69) is 318 Å². The number of carbonyl (C=O) groups excluding carboxylic acids is 1. The fourth-order valence-corrected chi connectivity index (χ4v) is 12.8. The number of amides is 1. The topological polar surface area (TPSA) is 261 Å². The Hall–Kier alpha value is -10.2. The summed E-state index contributed by atoms with van der Waals surface area (Å²) in [4.78, 5) is 62.6. The number of aromatic nitrogens is 15. The minimum absolute atomic E-state index is 0.0456. The average Bonchev–Trinajstić information content (AvgIpc) is 1.70. The molecule has 8 N–H and O–H groups in total. The quantitative estimate of drug-likeness (QED) is 0.0703. The molecule has 0 bridgehead atoms. The van der Waals surface area contributed by atoms with Gasteiger partial charge in [-0.2, -0.15) is 5.10 Å². The summed E-state index contributed by atoms with van der Waals surface area (Å²) < 4.78 is 0. The van der Waals surface area contributed by atoms with E-state index in [-0.39, 0.29) is 49.2 Å². The van der Waals surface area contributed by atoms with Crippen LogP contribution in [-0.2, 0) is 67.4 Å². The molecule has 554 valence electrons. The number of aromatic amines is 5. The van der Waals surface area contributed by atoms with Gasteiger partial charge in [-0.1, -0.05) is 172 Å². The molecule has 19 heteroatoms. The number of H-pyrrole nitrogens is 5. The standard InChI is InChI=1S/C11H14N2O.C11H16N2.C11H14N2.C11H16N2.2C11H14N2.2C10H13N3/c1-11(2,3)8-4-5-12-10-7(8)6-9(14)13-10;2*1-11(2,3)9-5-7-13-10-8(9)4-6-12-10;2*1-11(2,3)9-5-4-8-6-7-12-10(8)13-9;1-11(2,3)9-7-13-10-8(9)5-4-6-12-10;1-10(2,3)8-4-5-11-9-7(8)6-12-13-9;1-10(2,3)8-7-4-5-11-9(7)13-6-12-8/h4-5H,6H2,1-3H3,(H,12,13,14);5,7H,4,6H2,1-3H3,(H,12,13);4-7H,1-3H3,(H,12,13);4-5H,6-7H2,1-3H3,(H,12,13);2*4-7H,1-3H3,(H,12,13);2*4-6H,1-3H3,(H,11,12,13). The Morgan fingerprint density at radius 1 is 0.362 bits per heavy atom. The molecule has 0 saturated heterocycles. The molecule has 0 radical (unpaired) electrons. The maximum atomic E-state index is 11.2. The van der Waals surface area contributed by atoms with Gasteiger partial charge in [0.15, 0.2) is 5.65 Å². The van der Waals surface area contributed by atoms with Crippen molar-refractivity contribution in [3.63, 3.8) is 0 Å². The van der Waals surface area contributed by atoms with Crippen LogP contribution in [0.5, 0.6) is 0 Å². The second-order valence-electron chi connectivity index (χ2n) is 35.4. The summed E-state index contributed by atoms with van der Waals surface area (Å²) in [6, 6.07) is 27.1. The van der Waals surface area contributed by atoms with E-state index in [1.54, 1.807) is 12.5 Å². The first kappa shape index (κ1) is 79.0. The molecule has 16 rings (SSSR count). The number of hydrogen-bond donors (Lipinski definition) is 8. The van der Waals surface area contributed by atoms with Gasteiger partial charge in [0, 0.05) is 129 Å². The van der Waals surface area contributed by atoms with Crippen molar-refractivity contribution in [2.45, 2.75) is 229 Å². The van der Waals surface area contributed by atoms with Gasteiger partial charge in [0.05, 0.1) is 18.3 Å². The van der Waals surface area contributed by atoms with Crippen LogP contribution in [0.3, 0.4) is 0 Å². The molecule has 1 amide bonds. The number of hydrogen-bond acceptors (Lipinski definition) is 13. The van der Waals surface area contributed by atoms with E-state index in [9.17, 15) is 4.79 Å². The van der Waals surface area contributed by atoms with Crippen molar-refractivity contribution in [3.05, 3.63) is 209 Å². The zero-order chi connectivity index (χ0) is 76.7. The molecule has 0 spiro atoms. The third-order valence-electron chi connectivity index (χ3n) is 18.4. The van der Waals surface area contributed by atoms with Crippen LogP contribution >= 0.6 is 0 Å². The zero-order valence-corrected chi connectivity index (χ0v) is 66.8. The summed E-state index contributed by atoms with van der Waals surface area (Å²) in [5, 5.41) is 22.1. The van der Waals surface area contributed by atoms with Crippen molar-refractivity contribution in [2.75, 3.05) is 29.0 Å². The molecule has 0 atom stereocenters. The molecule has 13 aromatic rings. The number of fused-ring (bicyclic) bond motifs is 8. The molecule has 0 aliphatic carbocycles. The van der Waals surface area contributed by atoms with Crippen LogP contribution < -0.4 is 16.0 Å². The van der Waals surface area contributed by atoms with Crippen molar-refractivity contribution < 1.29 is 4.79 Å². The molecule has 0 unspecified atom stereocenters. The Labute approximate surface area is 621 Å². The van der Waals surface area contributed by atoms with E-state index in [1.165, 1.54) is 60.8 Å². The predicted octanol–water partition coefficient (Wildman–Crippen LogP) is 19.7. The lowest BCUT2D eigenvalue weighted by molar-refractivity contribution is -0.115. The number of rotatable bonds is 0. The molecule has 19 nitrogen and oxygen atoms in total. The average molecular weight is 1420 g/mol. The van der Waals surface area contributed by atoms with Gasteiger partial charge in [-0.15, -0.1) is 0 Å². The van der Waals surface area contributed by atoms with Gasteiger partial charge in [0.25, 0.3) is 0 Å². The summed E-state index contributed by atoms with van der Waals surface area (Å²) in [6.07, 6.45) is 23.1. The van der Waals surface area contributed by atoms with Crippen molar-refractivity contribution in [1.82, 2.24) is 75.0 Å². The van der Waals surface area contributed by atoms with Crippen molar-refractivity contribution in [2.24, 2.45) is 0 Å². The van der Waals surface area contributed by atoms with Crippen molar-refractivity contribution >= 4 is 78.5 Å². The first-order valence-electron chi connectivity index (χ1n) is 36.7. The van der Waals surface area contributed by atoms with Gasteiger partial charge in [0.1, 0.15) is 46.4 Å². The summed E-state index contributed by atoms with van der Waals surface area (Å²) in [6.45, 7) is 54.7. The highest BCUT2D eigenvalue weighted by atomic mass is 16.1. The van der Waals surface area contributed by atoms with Crippen LogP contribution in [0.15, 0.2) is 147 Å². The highest BCUT2D eigenvalue weighted by Crippen LogP contribution is 2.36. The normalized spacial score (nSPS) is 13.4. The van der Waals surface area contributed by atoms with Gasteiger partial charge in [0.2, 0.25) is 5.91 Å². The molecule has 16 heterocycles. The van der Waals surface area contributed by atoms with Crippen LogP contribution in [0.25, 0.3) is 55.2 Å². The maximum absolute atomic E-state index is 11.2. The third-order valence-corrected chi connectivity index (χ3v) is 18.4. The van der Waals surface area contributed by atoms with Crippen molar-refractivity contribution in [1.29, 1.82) is 0 Å². The Bertz CT molecular complexity index is 4830. The highest BCUT2D eigenvalue weighted by Gasteiger charge is 2.29. The number of nitrogens with one attached hydrogen (secondary N) is 8. The lowest BCUT2D eigenvalue weighted by Gasteiger charge is -2.21.